The zero-order chi connectivity index (χ0) is 4.83. The van der Waals surface area contributed by atoms with E-state index in [0.717, 1.165) is 0 Å². The maximum atomic E-state index is 7.37. The number of hydrogen-bond donors (Lipinski definition) is 1. The fraction of sp³-hybridized carbons (Fsp3) is 0. The first-order valence-electron chi connectivity index (χ1n) is 0.965. The SMILES string of the molecule is [N-]=N/N=N/OO. The molecule has 0 atom stereocenters. The number of rotatable bonds is 2. The van der Waals surface area contributed by atoms with Crippen LogP contribution in [0.2, 0.25) is 0 Å². The minimum atomic E-state index is 2.10. The van der Waals surface area contributed by atoms with E-state index in [1.807, 2.05) is 0 Å². The fourth-order valence-electron chi connectivity index (χ4n) is 0.0327. The van der Waals surface area contributed by atoms with Crippen LogP contribution in [0.4, 0.5) is 0 Å². The van der Waals surface area contributed by atoms with Crippen molar-refractivity contribution < 1.29 is 10.2 Å². The smallest absolute Gasteiger partial charge is 0.0310 e. The molecule has 34 valence electrons. The Labute approximate surface area is 32.8 Å². The zero-order valence-corrected chi connectivity index (χ0v) is 2.64. The molecule has 0 saturated carbocycles. The molecule has 0 aromatic rings. The molecule has 6 heavy (non-hydrogen) atoms. The van der Waals surface area contributed by atoms with Crippen molar-refractivity contribution in [2.24, 2.45) is 15.7 Å². The summed E-state index contributed by atoms with van der Waals surface area (Å²) in [5, 5.41) is 14.1. The van der Waals surface area contributed by atoms with Crippen LogP contribution in [0.25, 0.3) is 5.53 Å². The van der Waals surface area contributed by atoms with Gasteiger partial charge in [0, 0.05) is 0 Å². The van der Waals surface area contributed by atoms with Crippen molar-refractivity contribution in [1.29, 1.82) is 0 Å². The molecule has 1 N–H and O–H groups in total. The first-order chi connectivity index (χ1) is 2.91. The van der Waals surface area contributed by atoms with Crippen LogP contribution >= 0.6 is 0 Å². The summed E-state index contributed by atoms with van der Waals surface area (Å²) in [6.07, 6.45) is 0. The summed E-state index contributed by atoms with van der Waals surface area (Å²) in [4.78, 5) is 2.99. The molecule has 0 unspecified atom stereocenters. The van der Waals surface area contributed by atoms with Crippen molar-refractivity contribution in [3.8, 4) is 0 Å². The van der Waals surface area contributed by atoms with E-state index in [2.05, 4.69) is 20.7 Å². The predicted molar refractivity (Wildman–Crippen MR) is 14.4 cm³/mol. The van der Waals surface area contributed by atoms with E-state index in [-0.39, 0.29) is 0 Å². The van der Waals surface area contributed by atoms with E-state index >= 15 is 0 Å². The second-order valence-electron chi connectivity index (χ2n) is 0.342. The topological polar surface area (TPSA) is 88.8 Å². The van der Waals surface area contributed by atoms with Gasteiger partial charge in [-0.3, -0.25) is 5.22 Å². The summed E-state index contributed by atoms with van der Waals surface area (Å²) in [6, 6.07) is 0. The van der Waals surface area contributed by atoms with E-state index in [0.29, 0.717) is 0 Å². The summed E-state index contributed by atoms with van der Waals surface area (Å²) in [7, 11) is 0. The summed E-state index contributed by atoms with van der Waals surface area (Å²) in [5.41, 5.74) is 7.37. The Kier molecular flexibility index (Phi) is 3.27. The van der Waals surface area contributed by atoms with Gasteiger partial charge in [-0.2, -0.15) is 5.26 Å². The maximum Gasteiger partial charge on any atom is -0.0310 e. The van der Waals surface area contributed by atoms with Gasteiger partial charge in [-0.15, -0.1) is 0 Å². The van der Waals surface area contributed by atoms with Crippen molar-refractivity contribution in [3.05, 3.63) is 5.53 Å². The van der Waals surface area contributed by atoms with Crippen LogP contribution in [0, 0.1) is 0 Å². The highest BCUT2D eigenvalue weighted by Crippen LogP contribution is 1.71. The summed E-state index contributed by atoms with van der Waals surface area (Å²) < 4.78 is 0. The first-order valence-corrected chi connectivity index (χ1v) is 0.965. The van der Waals surface area contributed by atoms with Crippen LogP contribution in [0.5, 0.6) is 0 Å². The molecule has 6 heteroatoms. The fourth-order valence-corrected chi connectivity index (χ4v) is 0.0327. The summed E-state index contributed by atoms with van der Waals surface area (Å²) in [5.74, 6) is 0. The molecule has 0 heterocycles. The molecule has 0 rings (SSSR count). The molecule has 0 aromatic heterocycles. The Morgan fingerprint density at radius 3 is 2.50 bits per heavy atom. The lowest BCUT2D eigenvalue weighted by Gasteiger charge is -1.79. The average Bonchev–Trinajstić information content (AvgIpc) is 1.61. The quantitative estimate of drug-likeness (QED) is 0.307. The molecule has 0 fully saturated rings. The highest BCUT2D eigenvalue weighted by molar-refractivity contribution is 4.03. The molecule has 0 amide bonds. The minimum Gasteiger partial charge on any atom is -0.360 e. The molecular weight excluding hydrogens is 88.0 g/mol. The van der Waals surface area contributed by atoms with E-state index in [9.17, 15) is 0 Å². The maximum absolute atomic E-state index is 7.37. The second-order valence-corrected chi connectivity index (χ2v) is 0.342. The van der Waals surface area contributed by atoms with Crippen molar-refractivity contribution in [2.75, 3.05) is 0 Å². The van der Waals surface area contributed by atoms with Crippen molar-refractivity contribution in [2.45, 2.75) is 0 Å². The van der Waals surface area contributed by atoms with Gasteiger partial charge in [0.25, 0.3) is 0 Å². The Morgan fingerprint density at radius 2 is 2.33 bits per heavy atom. The Balaban J connectivity index is 2.94. The molecule has 0 saturated heterocycles. The minimum absolute atomic E-state index is 2.10. The van der Waals surface area contributed by atoms with Gasteiger partial charge >= 0.3 is 0 Å². The first kappa shape index (κ1) is 4.96. The predicted octanol–water partition coefficient (Wildman–Crippen LogP) is 0.780. The summed E-state index contributed by atoms with van der Waals surface area (Å²) in [6.45, 7) is 0. The van der Waals surface area contributed by atoms with E-state index in [4.69, 9.17) is 10.8 Å². The van der Waals surface area contributed by atoms with Gasteiger partial charge in [0.1, 0.15) is 0 Å². The summed E-state index contributed by atoms with van der Waals surface area (Å²) >= 11 is 0. The monoisotopic (exact) mass is 89.0 g/mol. The largest absolute Gasteiger partial charge is 0.360 e. The van der Waals surface area contributed by atoms with Crippen LogP contribution in [-0.4, -0.2) is 5.26 Å². The van der Waals surface area contributed by atoms with Gasteiger partial charge in [-0.25, -0.2) is 10.2 Å². The second kappa shape index (κ2) is 3.96. The Morgan fingerprint density at radius 1 is 1.67 bits per heavy atom. The Bertz CT molecular complexity index is 56.6. The molecule has 0 radical (unpaired) electrons. The van der Waals surface area contributed by atoms with E-state index in [1.165, 1.54) is 0 Å². The van der Waals surface area contributed by atoms with Gasteiger partial charge < -0.3 is 5.53 Å². The van der Waals surface area contributed by atoms with Crippen LogP contribution < -0.4 is 0 Å². The normalized spacial score (nSPS) is 8.83. The average molecular weight is 89.0 g/mol. The van der Waals surface area contributed by atoms with Crippen LogP contribution in [-0.2, 0) is 4.99 Å². The van der Waals surface area contributed by atoms with Crippen LogP contribution in [0.3, 0.4) is 0 Å². The third-order valence-corrected chi connectivity index (χ3v) is 0.113. The van der Waals surface area contributed by atoms with Gasteiger partial charge in [-0.1, -0.05) is 0 Å². The van der Waals surface area contributed by atoms with Crippen LogP contribution in [0.15, 0.2) is 15.7 Å². The molecule has 0 aliphatic heterocycles. The van der Waals surface area contributed by atoms with Crippen LogP contribution in [0.1, 0.15) is 0 Å². The third kappa shape index (κ3) is 2.96. The number of hydrogen-bond acceptors (Lipinski definition) is 3. The van der Waals surface area contributed by atoms with E-state index < -0.39 is 0 Å². The molecule has 0 aromatic carbocycles. The van der Waals surface area contributed by atoms with Crippen molar-refractivity contribution in [3.63, 3.8) is 0 Å². The lowest BCUT2D eigenvalue weighted by atomic mass is 12.6. The highest BCUT2D eigenvalue weighted by Gasteiger charge is 1.44. The molecule has 0 aliphatic carbocycles. The molecule has 0 bridgehead atoms. The third-order valence-electron chi connectivity index (χ3n) is 0.113. The molecule has 6 nitrogen and oxygen atoms in total. The lowest BCUT2D eigenvalue weighted by molar-refractivity contribution is -0.251. The van der Waals surface area contributed by atoms with E-state index in [1.54, 1.807) is 0 Å². The molecule has 0 spiro atoms. The standard InChI is InChI=1S/HN4O2/c1-2-3-4-6-5/h5H/q-1/b4-3+. The number of nitrogens with zero attached hydrogens (tertiary/aromatic N) is 4. The zero-order valence-electron chi connectivity index (χ0n) is 2.64. The van der Waals surface area contributed by atoms with Gasteiger partial charge in [0.15, 0.2) is 0 Å². The van der Waals surface area contributed by atoms with Crippen molar-refractivity contribution in [1.82, 2.24) is 0 Å². The molecule has 0 aliphatic rings. The van der Waals surface area contributed by atoms with Gasteiger partial charge in [0.05, 0.1) is 0 Å². The van der Waals surface area contributed by atoms with Crippen molar-refractivity contribution >= 4 is 0 Å². The lowest BCUT2D eigenvalue weighted by Crippen LogP contribution is -1.59. The Hall–Kier alpha value is -1.04. The molecular formula is HN4O2-. The van der Waals surface area contributed by atoms with Gasteiger partial charge in [-0.05, 0) is 5.28 Å². The van der Waals surface area contributed by atoms with Gasteiger partial charge in [0.2, 0.25) is 0 Å². The highest BCUT2D eigenvalue weighted by atomic mass is 17.2.